The van der Waals surface area contributed by atoms with Crippen molar-refractivity contribution < 1.29 is 4.74 Å². The van der Waals surface area contributed by atoms with Gasteiger partial charge in [-0.05, 0) is 62.4 Å². The van der Waals surface area contributed by atoms with Gasteiger partial charge in [-0.15, -0.1) is 0 Å². The smallest absolute Gasteiger partial charge is 0.0921 e. The van der Waals surface area contributed by atoms with Gasteiger partial charge < -0.3 is 4.74 Å². The number of hydrogen-bond acceptors (Lipinski definition) is 1. The van der Waals surface area contributed by atoms with E-state index in [0.717, 1.165) is 11.8 Å². The standard InChI is InChI=1S/C16H26O/c1-13-10-15(12-16(11-13)17-2)9-8-14-6-4-3-5-7-14/h3-4,11,13-15H,5-10,12H2,1-2H3/t13?,14-,15+/m1/s1. The first-order chi connectivity index (χ1) is 8.28. The molecule has 0 saturated carbocycles. The van der Waals surface area contributed by atoms with Gasteiger partial charge in [-0.2, -0.15) is 0 Å². The lowest BCUT2D eigenvalue weighted by molar-refractivity contribution is 0.219. The molecule has 2 rings (SSSR count). The van der Waals surface area contributed by atoms with E-state index >= 15 is 0 Å². The topological polar surface area (TPSA) is 9.23 Å². The van der Waals surface area contributed by atoms with Gasteiger partial charge >= 0.3 is 0 Å². The maximum absolute atomic E-state index is 5.43. The molecule has 1 unspecified atom stereocenters. The summed E-state index contributed by atoms with van der Waals surface area (Å²) >= 11 is 0. The zero-order chi connectivity index (χ0) is 12.1. The van der Waals surface area contributed by atoms with Crippen LogP contribution in [-0.4, -0.2) is 7.11 Å². The Morgan fingerprint density at radius 2 is 2.06 bits per heavy atom. The normalized spacial score (nSPS) is 33.3. The van der Waals surface area contributed by atoms with Crippen LogP contribution in [0.4, 0.5) is 0 Å². The summed E-state index contributed by atoms with van der Waals surface area (Å²) in [7, 11) is 1.81. The molecule has 0 aromatic heterocycles. The Kier molecular flexibility index (Phi) is 4.70. The van der Waals surface area contributed by atoms with Crippen molar-refractivity contribution in [2.75, 3.05) is 7.11 Å². The second kappa shape index (κ2) is 6.28. The van der Waals surface area contributed by atoms with Crippen LogP contribution >= 0.6 is 0 Å². The monoisotopic (exact) mass is 234 g/mol. The summed E-state index contributed by atoms with van der Waals surface area (Å²) in [6.07, 6.45) is 16.4. The summed E-state index contributed by atoms with van der Waals surface area (Å²) in [6, 6.07) is 0. The predicted octanol–water partition coefficient (Wildman–Crippen LogP) is 4.70. The second-order valence-electron chi connectivity index (χ2n) is 5.85. The van der Waals surface area contributed by atoms with Crippen molar-refractivity contribution in [2.45, 2.75) is 51.9 Å². The lowest BCUT2D eigenvalue weighted by Crippen LogP contribution is -2.15. The minimum Gasteiger partial charge on any atom is -0.501 e. The van der Waals surface area contributed by atoms with Crippen LogP contribution in [-0.2, 0) is 4.74 Å². The van der Waals surface area contributed by atoms with Crippen molar-refractivity contribution in [1.82, 2.24) is 0 Å². The number of hydrogen-bond donors (Lipinski definition) is 0. The molecule has 0 heterocycles. The highest BCUT2D eigenvalue weighted by Gasteiger charge is 2.21. The average Bonchev–Trinajstić information content (AvgIpc) is 2.37. The van der Waals surface area contributed by atoms with E-state index < -0.39 is 0 Å². The van der Waals surface area contributed by atoms with Crippen LogP contribution in [0.1, 0.15) is 51.9 Å². The summed E-state index contributed by atoms with van der Waals surface area (Å²) in [5.74, 6) is 3.73. The van der Waals surface area contributed by atoms with Crippen LogP contribution in [0.5, 0.6) is 0 Å². The van der Waals surface area contributed by atoms with E-state index in [0.29, 0.717) is 5.92 Å². The van der Waals surface area contributed by atoms with Gasteiger partial charge in [0.15, 0.2) is 0 Å². The Bertz CT molecular complexity index is 290. The molecule has 96 valence electrons. The van der Waals surface area contributed by atoms with Crippen LogP contribution in [0.3, 0.4) is 0 Å². The van der Waals surface area contributed by atoms with Crippen LogP contribution < -0.4 is 0 Å². The first-order valence-electron chi connectivity index (χ1n) is 7.17. The Morgan fingerprint density at radius 3 is 2.76 bits per heavy atom. The molecule has 0 spiro atoms. The zero-order valence-electron chi connectivity index (χ0n) is 11.3. The van der Waals surface area contributed by atoms with Crippen LogP contribution in [0.2, 0.25) is 0 Å². The number of rotatable bonds is 4. The highest BCUT2D eigenvalue weighted by molar-refractivity contribution is 5.02. The Labute approximate surface area is 106 Å². The fraction of sp³-hybridized carbons (Fsp3) is 0.750. The van der Waals surface area contributed by atoms with Crippen molar-refractivity contribution in [3.05, 3.63) is 24.0 Å². The van der Waals surface area contributed by atoms with E-state index in [1.807, 2.05) is 7.11 Å². The molecule has 0 aliphatic heterocycles. The van der Waals surface area contributed by atoms with Crippen LogP contribution in [0.25, 0.3) is 0 Å². The maximum Gasteiger partial charge on any atom is 0.0921 e. The van der Waals surface area contributed by atoms with Gasteiger partial charge in [0.2, 0.25) is 0 Å². The van der Waals surface area contributed by atoms with E-state index in [9.17, 15) is 0 Å². The van der Waals surface area contributed by atoms with Crippen molar-refractivity contribution in [1.29, 1.82) is 0 Å². The molecule has 17 heavy (non-hydrogen) atoms. The predicted molar refractivity (Wildman–Crippen MR) is 72.7 cm³/mol. The number of ether oxygens (including phenoxy) is 1. The average molecular weight is 234 g/mol. The lowest BCUT2D eigenvalue weighted by atomic mass is 9.80. The fourth-order valence-electron chi connectivity index (χ4n) is 3.31. The summed E-state index contributed by atoms with van der Waals surface area (Å²) in [5, 5.41) is 0. The Hall–Kier alpha value is -0.720. The summed E-state index contributed by atoms with van der Waals surface area (Å²) in [5.41, 5.74) is 0. The molecule has 2 aliphatic rings. The van der Waals surface area contributed by atoms with Crippen LogP contribution in [0, 0.1) is 17.8 Å². The summed E-state index contributed by atoms with van der Waals surface area (Å²) < 4.78 is 5.43. The molecule has 0 radical (unpaired) electrons. The SMILES string of the molecule is COC1=CC(C)C[C@H](CC[C@@H]2CC=CCC2)C1. The molecule has 1 nitrogen and oxygen atoms in total. The van der Waals surface area contributed by atoms with Gasteiger partial charge in [0.25, 0.3) is 0 Å². The van der Waals surface area contributed by atoms with Crippen molar-refractivity contribution in [3.63, 3.8) is 0 Å². The molecule has 0 saturated heterocycles. The van der Waals surface area contributed by atoms with E-state index in [-0.39, 0.29) is 0 Å². The third kappa shape index (κ3) is 3.90. The highest BCUT2D eigenvalue weighted by Crippen LogP contribution is 2.34. The van der Waals surface area contributed by atoms with Gasteiger partial charge in [0.05, 0.1) is 12.9 Å². The number of allylic oxidation sites excluding steroid dienone is 4. The molecule has 3 atom stereocenters. The van der Waals surface area contributed by atoms with Gasteiger partial charge in [0, 0.05) is 6.42 Å². The number of methoxy groups -OCH3 is 1. The van der Waals surface area contributed by atoms with Crippen molar-refractivity contribution in [2.24, 2.45) is 17.8 Å². The quantitative estimate of drug-likeness (QED) is 0.641. The van der Waals surface area contributed by atoms with Gasteiger partial charge in [-0.1, -0.05) is 19.1 Å². The molecule has 0 aromatic rings. The third-order valence-electron chi connectivity index (χ3n) is 4.29. The van der Waals surface area contributed by atoms with E-state index in [1.165, 1.54) is 50.7 Å². The summed E-state index contributed by atoms with van der Waals surface area (Å²) in [4.78, 5) is 0. The summed E-state index contributed by atoms with van der Waals surface area (Å²) in [6.45, 7) is 2.31. The second-order valence-corrected chi connectivity index (χ2v) is 5.85. The van der Waals surface area contributed by atoms with Gasteiger partial charge in [-0.25, -0.2) is 0 Å². The molecule has 0 aromatic carbocycles. The maximum atomic E-state index is 5.43. The highest BCUT2D eigenvalue weighted by atomic mass is 16.5. The van der Waals surface area contributed by atoms with Gasteiger partial charge in [0.1, 0.15) is 0 Å². The van der Waals surface area contributed by atoms with E-state index in [1.54, 1.807) is 0 Å². The lowest BCUT2D eigenvalue weighted by Gasteiger charge is -2.27. The first-order valence-corrected chi connectivity index (χ1v) is 7.17. The molecule has 1 heteroatoms. The molecule has 0 N–H and O–H groups in total. The first kappa shape index (κ1) is 12.7. The minimum atomic E-state index is 0.704. The van der Waals surface area contributed by atoms with E-state index in [2.05, 4.69) is 25.2 Å². The molecule has 0 amide bonds. The molecule has 0 bridgehead atoms. The third-order valence-corrected chi connectivity index (χ3v) is 4.29. The van der Waals surface area contributed by atoms with Gasteiger partial charge in [-0.3, -0.25) is 0 Å². The Morgan fingerprint density at radius 1 is 1.24 bits per heavy atom. The van der Waals surface area contributed by atoms with Crippen molar-refractivity contribution >= 4 is 0 Å². The zero-order valence-corrected chi connectivity index (χ0v) is 11.3. The molecule has 0 fully saturated rings. The molecular weight excluding hydrogens is 208 g/mol. The minimum absolute atomic E-state index is 0.704. The fourth-order valence-corrected chi connectivity index (χ4v) is 3.31. The largest absolute Gasteiger partial charge is 0.501 e. The molecular formula is C16H26O. The van der Waals surface area contributed by atoms with E-state index in [4.69, 9.17) is 4.74 Å². The van der Waals surface area contributed by atoms with Crippen molar-refractivity contribution in [3.8, 4) is 0 Å². The molecule has 2 aliphatic carbocycles. The Balaban J connectivity index is 1.76. The van der Waals surface area contributed by atoms with Crippen LogP contribution in [0.15, 0.2) is 24.0 Å².